The van der Waals surface area contributed by atoms with Gasteiger partial charge in [-0.1, -0.05) is 0 Å². The number of aromatic nitrogens is 2. The van der Waals surface area contributed by atoms with Crippen molar-refractivity contribution >= 4 is 5.97 Å². The predicted octanol–water partition coefficient (Wildman–Crippen LogP) is -0.716. The molecule has 1 unspecified atom stereocenters. The lowest BCUT2D eigenvalue weighted by Gasteiger charge is -2.08. The molecular weight excluding hydrogens is 190 g/mol. The molecule has 0 aliphatic heterocycles. The van der Waals surface area contributed by atoms with Crippen LogP contribution in [-0.2, 0) is 11.2 Å². The molecule has 7 heteroatoms. The summed E-state index contributed by atoms with van der Waals surface area (Å²) >= 11 is 0. The van der Waals surface area contributed by atoms with Crippen LogP contribution in [0.2, 0.25) is 0 Å². The summed E-state index contributed by atoms with van der Waals surface area (Å²) in [4.78, 5) is 14.0. The van der Waals surface area contributed by atoms with E-state index >= 15 is 0 Å². The number of aromatic carboxylic acids is 1. The molecule has 1 rings (SSSR count). The van der Waals surface area contributed by atoms with E-state index in [9.17, 15) is 4.79 Å². The van der Waals surface area contributed by atoms with Crippen LogP contribution in [0.3, 0.4) is 0 Å². The highest BCUT2D eigenvalue weighted by atomic mass is 16.5. The lowest BCUT2D eigenvalue weighted by molar-refractivity contribution is 0.0680. The van der Waals surface area contributed by atoms with Gasteiger partial charge in [-0.3, -0.25) is 0 Å². The molecule has 0 radical (unpaired) electrons. The Hall–Kier alpha value is -1.47. The zero-order valence-corrected chi connectivity index (χ0v) is 7.64. The van der Waals surface area contributed by atoms with Gasteiger partial charge >= 0.3 is 5.97 Å². The van der Waals surface area contributed by atoms with Gasteiger partial charge in [-0.05, 0) is 5.16 Å². The van der Waals surface area contributed by atoms with Gasteiger partial charge in [0.15, 0.2) is 0 Å². The summed E-state index contributed by atoms with van der Waals surface area (Å²) in [6, 6.07) is 0. The van der Waals surface area contributed by atoms with Crippen LogP contribution in [0.15, 0.2) is 4.52 Å². The van der Waals surface area contributed by atoms with Gasteiger partial charge in [-0.15, -0.1) is 0 Å². The smallest absolute Gasteiger partial charge is 0.377 e. The van der Waals surface area contributed by atoms with Crippen molar-refractivity contribution in [3.8, 4) is 0 Å². The number of nitrogens with zero attached hydrogens (tertiary/aromatic N) is 2. The molecule has 3 N–H and O–H groups in total. The van der Waals surface area contributed by atoms with Gasteiger partial charge in [0.25, 0.3) is 5.82 Å². The van der Waals surface area contributed by atoms with Crippen molar-refractivity contribution in [2.24, 2.45) is 5.73 Å². The number of hydrogen-bond donors (Lipinski definition) is 2. The van der Waals surface area contributed by atoms with Gasteiger partial charge in [-0.25, -0.2) is 4.79 Å². The Labute approximate surface area is 79.9 Å². The topological polar surface area (TPSA) is 111 Å². The van der Waals surface area contributed by atoms with E-state index in [0.717, 1.165) is 0 Å². The van der Waals surface area contributed by atoms with Crippen molar-refractivity contribution in [2.45, 2.75) is 12.5 Å². The Morgan fingerprint density at radius 1 is 1.79 bits per heavy atom. The monoisotopic (exact) mass is 201 g/mol. The maximum atomic E-state index is 10.4. The Morgan fingerprint density at radius 3 is 2.93 bits per heavy atom. The fraction of sp³-hybridized carbons (Fsp3) is 0.571. The van der Waals surface area contributed by atoms with Crippen LogP contribution in [0.1, 0.15) is 16.5 Å². The summed E-state index contributed by atoms with van der Waals surface area (Å²) in [6.07, 6.45) is 0.0740. The second kappa shape index (κ2) is 4.68. The van der Waals surface area contributed by atoms with E-state index in [1.54, 1.807) is 0 Å². The van der Waals surface area contributed by atoms with E-state index in [1.165, 1.54) is 7.11 Å². The summed E-state index contributed by atoms with van der Waals surface area (Å²) in [6.45, 7) is 0.307. The molecule has 0 amide bonds. The van der Waals surface area contributed by atoms with Gasteiger partial charge in [0, 0.05) is 13.7 Å². The third-order valence-corrected chi connectivity index (χ3v) is 1.66. The lowest BCUT2D eigenvalue weighted by Crippen LogP contribution is -2.24. The van der Waals surface area contributed by atoms with Crippen molar-refractivity contribution in [2.75, 3.05) is 13.7 Å². The molecule has 7 nitrogen and oxygen atoms in total. The fourth-order valence-electron chi connectivity index (χ4n) is 0.882. The third kappa shape index (κ3) is 2.51. The van der Waals surface area contributed by atoms with Crippen LogP contribution in [0.4, 0.5) is 0 Å². The highest BCUT2D eigenvalue weighted by molar-refractivity contribution is 5.82. The summed E-state index contributed by atoms with van der Waals surface area (Å²) in [5, 5.41) is 11.8. The Bertz CT molecular complexity index is 308. The molecule has 1 heterocycles. The van der Waals surface area contributed by atoms with Crippen LogP contribution in [0.25, 0.3) is 0 Å². The number of ether oxygens (including phenoxy) is 1. The van der Waals surface area contributed by atoms with Gasteiger partial charge in [0.1, 0.15) is 0 Å². The maximum absolute atomic E-state index is 10.4. The number of carboxylic acid groups (broad SMARTS) is 1. The number of rotatable bonds is 5. The van der Waals surface area contributed by atoms with E-state index in [-0.39, 0.29) is 17.8 Å². The molecule has 1 atom stereocenters. The maximum Gasteiger partial charge on any atom is 0.377 e. The van der Waals surface area contributed by atoms with Crippen molar-refractivity contribution in [1.82, 2.24) is 10.1 Å². The second-order valence-electron chi connectivity index (χ2n) is 2.61. The Balaban J connectivity index is 2.63. The minimum Gasteiger partial charge on any atom is -0.475 e. The van der Waals surface area contributed by atoms with Gasteiger partial charge in [0.05, 0.1) is 12.5 Å². The van der Waals surface area contributed by atoms with E-state index in [2.05, 4.69) is 14.7 Å². The largest absolute Gasteiger partial charge is 0.475 e. The quantitative estimate of drug-likeness (QED) is 0.646. The molecule has 14 heavy (non-hydrogen) atoms. The van der Waals surface area contributed by atoms with Gasteiger partial charge in [-0.2, -0.15) is 4.98 Å². The Kier molecular flexibility index (Phi) is 3.55. The second-order valence-corrected chi connectivity index (χ2v) is 2.61. The molecular formula is C7H11N3O4. The zero-order chi connectivity index (χ0) is 10.6. The number of methoxy groups -OCH3 is 1. The molecule has 0 saturated heterocycles. The van der Waals surface area contributed by atoms with E-state index in [1.807, 2.05) is 0 Å². The SMILES string of the molecule is COC(CN)Cc1nc(C(=O)O)no1. The molecule has 0 aliphatic rings. The first kappa shape index (κ1) is 10.6. The average Bonchev–Trinajstić information content (AvgIpc) is 2.62. The molecule has 0 aromatic carbocycles. The first-order chi connectivity index (χ1) is 6.67. The van der Waals surface area contributed by atoms with Gasteiger partial charge < -0.3 is 20.1 Å². The summed E-state index contributed by atoms with van der Waals surface area (Å²) in [5.74, 6) is -1.37. The van der Waals surface area contributed by atoms with E-state index < -0.39 is 5.97 Å². The number of carbonyl (C=O) groups is 1. The summed E-state index contributed by atoms with van der Waals surface area (Å²) in [5.41, 5.74) is 5.37. The Morgan fingerprint density at radius 2 is 2.50 bits per heavy atom. The van der Waals surface area contributed by atoms with Crippen LogP contribution < -0.4 is 5.73 Å². The van der Waals surface area contributed by atoms with Crippen molar-refractivity contribution < 1.29 is 19.2 Å². The van der Waals surface area contributed by atoms with E-state index in [4.69, 9.17) is 15.6 Å². The van der Waals surface area contributed by atoms with Crippen molar-refractivity contribution in [1.29, 1.82) is 0 Å². The zero-order valence-electron chi connectivity index (χ0n) is 7.64. The standard InChI is InChI=1S/C7H11N3O4/c1-13-4(3-8)2-5-9-6(7(11)12)10-14-5/h4H,2-3,8H2,1H3,(H,11,12). The summed E-state index contributed by atoms with van der Waals surface area (Å²) in [7, 11) is 1.51. The van der Waals surface area contributed by atoms with Crippen molar-refractivity contribution in [3.63, 3.8) is 0 Å². The molecule has 0 aliphatic carbocycles. The van der Waals surface area contributed by atoms with E-state index in [0.29, 0.717) is 13.0 Å². The van der Waals surface area contributed by atoms with Crippen molar-refractivity contribution in [3.05, 3.63) is 11.7 Å². The van der Waals surface area contributed by atoms with Crippen LogP contribution in [-0.4, -0.2) is 41.0 Å². The first-order valence-corrected chi connectivity index (χ1v) is 3.96. The van der Waals surface area contributed by atoms with Crippen LogP contribution in [0.5, 0.6) is 0 Å². The van der Waals surface area contributed by atoms with Crippen LogP contribution in [0, 0.1) is 0 Å². The molecule has 0 saturated carbocycles. The highest BCUT2D eigenvalue weighted by Gasteiger charge is 2.16. The first-order valence-electron chi connectivity index (χ1n) is 3.96. The molecule has 0 spiro atoms. The minimum absolute atomic E-state index is 0.208. The third-order valence-electron chi connectivity index (χ3n) is 1.66. The molecule has 0 bridgehead atoms. The minimum atomic E-state index is -1.22. The molecule has 0 fully saturated rings. The average molecular weight is 201 g/mol. The summed E-state index contributed by atoms with van der Waals surface area (Å²) < 4.78 is 9.66. The highest BCUT2D eigenvalue weighted by Crippen LogP contribution is 2.02. The molecule has 1 aromatic rings. The number of hydrogen-bond acceptors (Lipinski definition) is 6. The fourth-order valence-corrected chi connectivity index (χ4v) is 0.882. The number of nitrogens with two attached hydrogens (primary N) is 1. The molecule has 78 valence electrons. The molecule has 1 aromatic heterocycles. The van der Waals surface area contributed by atoms with Gasteiger partial charge in [0.2, 0.25) is 5.89 Å². The predicted molar refractivity (Wildman–Crippen MR) is 44.8 cm³/mol. The normalized spacial score (nSPS) is 12.7. The number of carboxylic acids is 1. The lowest BCUT2D eigenvalue weighted by atomic mass is 10.2. The van der Waals surface area contributed by atoms with Crippen LogP contribution >= 0.6 is 0 Å².